The first-order chi connectivity index (χ1) is 14.1. The van der Waals surface area contributed by atoms with Crippen LogP contribution in [0.15, 0.2) is 48.5 Å². The first-order valence-corrected chi connectivity index (χ1v) is 9.61. The van der Waals surface area contributed by atoms with Crippen molar-refractivity contribution in [2.75, 3.05) is 24.7 Å². The largest absolute Gasteiger partial charge is 0.447 e. The highest BCUT2D eigenvalue weighted by Gasteiger charge is 2.35. The minimum Gasteiger partial charge on any atom is -0.447 e. The van der Waals surface area contributed by atoms with Gasteiger partial charge in [0.15, 0.2) is 0 Å². The number of halogens is 2. The topological polar surface area (TPSA) is 61.8 Å². The van der Waals surface area contributed by atoms with E-state index in [1.165, 1.54) is 0 Å². The standard InChI is InChI=1S/C22H22F2N2O3/c23-19-10-17(26-18(12-27)13-29-22(26)28)11-20(24)21(19)15-6-7-25-16(9-15)8-14-4-2-1-3-5-14/h1-5,9-11,16,18,25,27H,6-8,12-13H2. The lowest BCUT2D eigenvalue weighted by molar-refractivity contribution is 0.174. The van der Waals surface area contributed by atoms with Crippen molar-refractivity contribution in [2.45, 2.75) is 24.9 Å². The molecule has 2 atom stereocenters. The predicted octanol–water partition coefficient (Wildman–Crippen LogP) is 3.27. The van der Waals surface area contributed by atoms with Gasteiger partial charge in [-0.1, -0.05) is 36.4 Å². The Kier molecular flexibility index (Phi) is 5.60. The maximum absolute atomic E-state index is 14.9. The van der Waals surface area contributed by atoms with Gasteiger partial charge in [0.25, 0.3) is 0 Å². The number of aliphatic hydroxyl groups is 1. The number of nitrogens with one attached hydrogen (secondary N) is 1. The van der Waals surface area contributed by atoms with Gasteiger partial charge < -0.3 is 15.2 Å². The van der Waals surface area contributed by atoms with E-state index in [2.05, 4.69) is 5.32 Å². The summed E-state index contributed by atoms with van der Waals surface area (Å²) in [5.41, 5.74) is 1.72. The molecule has 2 heterocycles. The van der Waals surface area contributed by atoms with Crippen LogP contribution in [0.3, 0.4) is 0 Å². The summed E-state index contributed by atoms with van der Waals surface area (Å²) < 4.78 is 34.7. The van der Waals surface area contributed by atoms with Gasteiger partial charge in [-0.3, -0.25) is 4.90 Å². The Balaban J connectivity index is 1.62. The Bertz CT molecular complexity index is 910. The smallest absolute Gasteiger partial charge is 0.414 e. The molecule has 1 fully saturated rings. The number of carbonyl (C=O) groups is 1. The van der Waals surface area contributed by atoms with Crippen molar-refractivity contribution in [3.63, 3.8) is 0 Å². The Labute approximate surface area is 167 Å². The quantitative estimate of drug-likeness (QED) is 0.809. The number of carbonyl (C=O) groups excluding carboxylic acids is 1. The molecule has 1 saturated heterocycles. The lowest BCUT2D eigenvalue weighted by Crippen LogP contribution is -2.36. The molecule has 2 unspecified atom stereocenters. The molecule has 5 nitrogen and oxygen atoms in total. The van der Waals surface area contributed by atoms with Gasteiger partial charge in [0, 0.05) is 11.6 Å². The van der Waals surface area contributed by atoms with E-state index in [1.807, 2.05) is 36.4 Å². The Morgan fingerprint density at radius 3 is 2.59 bits per heavy atom. The Morgan fingerprint density at radius 1 is 1.17 bits per heavy atom. The van der Waals surface area contributed by atoms with E-state index in [9.17, 15) is 18.7 Å². The summed E-state index contributed by atoms with van der Waals surface area (Å²) in [4.78, 5) is 13.0. The highest BCUT2D eigenvalue weighted by Crippen LogP contribution is 2.32. The molecule has 2 aromatic rings. The van der Waals surface area contributed by atoms with Gasteiger partial charge in [-0.2, -0.15) is 0 Å². The average Bonchev–Trinajstić information content (AvgIpc) is 3.09. The zero-order chi connectivity index (χ0) is 20.4. The lowest BCUT2D eigenvalue weighted by atomic mass is 9.93. The Morgan fingerprint density at radius 2 is 1.90 bits per heavy atom. The van der Waals surface area contributed by atoms with E-state index >= 15 is 0 Å². The lowest BCUT2D eigenvalue weighted by Gasteiger charge is -2.25. The third-order valence-electron chi connectivity index (χ3n) is 5.30. The number of nitrogens with zero attached hydrogens (tertiary/aromatic N) is 1. The van der Waals surface area contributed by atoms with Crippen LogP contribution >= 0.6 is 0 Å². The van der Waals surface area contributed by atoms with Crippen molar-refractivity contribution >= 4 is 17.4 Å². The second-order valence-electron chi connectivity index (χ2n) is 7.26. The molecule has 152 valence electrons. The SMILES string of the molecule is O=C1OCC(CO)N1c1cc(F)c(C2=CC(Cc3ccccc3)NCC2)c(F)c1. The van der Waals surface area contributed by atoms with E-state index in [4.69, 9.17) is 4.74 Å². The van der Waals surface area contributed by atoms with Crippen LogP contribution in [0, 0.1) is 11.6 Å². The van der Waals surface area contributed by atoms with E-state index in [1.54, 1.807) is 0 Å². The highest BCUT2D eigenvalue weighted by molar-refractivity contribution is 5.90. The molecule has 0 aromatic heterocycles. The molecule has 0 spiro atoms. The summed E-state index contributed by atoms with van der Waals surface area (Å²) >= 11 is 0. The summed E-state index contributed by atoms with van der Waals surface area (Å²) in [6, 6.07) is 11.5. The van der Waals surface area contributed by atoms with Crippen molar-refractivity contribution in [2.24, 2.45) is 0 Å². The second kappa shape index (κ2) is 8.31. The number of ether oxygens (including phenoxy) is 1. The van der Waals surface area contributed by atoms with Gasteiger partial charge in [-0.05, 0) is 42.7 Å². The van der Waals surface area contributed by atoms with Gasteiger partial charge in [-0.15, -0.1) is 0 Å². The van der Waals surface area contributed by atoms with E-state index in [-0.39, 0.29) is 30.5 Å². The van der Waals surface area contributed by atoms with E-state index < -0.39 is 23.8 Å². The van der Waals surface area contributed by atoms with Crippen LogP contribution < -0.4 is 10.2 Å². The van der Waals surface area contributed by atoms with Gasteiger partial charge in [-0.25, -0.2) is 13.6 Å². The molecule has 2 aromatic carbocycles. The maximum Gasteiger partial charge on any atom is 0.414 e. The fourth-order valence-electron chi connectivity index (χ4n) is 3.90. The van der Waals surface area contributed by atoms with Crippen molar-refractivity contribution in [1.82, 2.24) is 5.32 Å². The van der Waals surface area contributed by atoms with Crippen molar-refractivity contribution in [3.8, 4) is 0 Å². The molecule has 29 heavy (non-hydrogen) atoms. The number of anilines is 1. The third-order valence-corrected chi connectivity index (χ3v) is 5.30. The monoisotopic (exact) mass is 400 g/mol. The molecule has 2 aliphatic rings. The van der Waals surface area contributed by atoms with Crippen LogP contribution in [0.5, 0.6) is 0 Å². The number of hydrogen-bond acceptors (Lipinski definition) is 4. The molecule has 0 bridgehead atoms. The molecule has 2 N–H and O–H groups in total. The number of amides is 1. The fraction of sp³-hybridized carbons (Fsp3) is 0.318. The summed E-state index contributed by atoms with van der Waals surface area (Å²) in [7, 11) is 0. The summed E-state index contributed by atoms with van der Waals surface area (Å²) in [6.45, 7) is 0.252. The molecule has 7 heteroatoms. The molecule has 0 saturated carbocycles. The van der Waals surface area contributed by atoms with Crippen LogP contribution in [-0.2, 0) is 11.2 Å². The molecule has 0 aliphatic carbocycles. The van der Waals surface area contributed by atoms with Crippen molar-refractivity contribution < 1.29 is 23.4 Å². The molecular weight excluding hydrogens is 378 g/mol. The maximum atomic E-state index is 14.9. The van der Waals surface area contributed by atoms with Crippen LogP contribution in [-0.4, -0.2) is 43.0 Å². The molecular formula is C22H22F2N2O3. The van der Waals surface area contributed by atoms with Crippen LogP contribution in [0.25, 0.3) is 5.57 Å². The number of aliphatic hydroxyl groups excluding tert-OH is 1. The van der Waals surface area contributed by atoms with Crippen LogP contribution in [0.2, 0.25) is 0 Å². The van der Waals surface area contributed by atoms with Gasteiger partial charge >= 0.3 is 6.09 Å². The number of benzene rings is 2. The van der Waals surface area contributed by atoms with Crippen LogP contribution in [0.4, 0.5) is 19.3 Å². The number of hydrogen-bond donors (Lipinski definition) is 2. The zero-order valence-corrected chi connectivity index (χ0v) is 15.8. The van der Waals surface area contributed by atoms with E-state index in [0.29, 0.717) is 18.5 Å². The molecule has 4 rings (SSSR count). The number of rotatable bonds is 5. The molecule has 2 aliphatic heterocycles. The van der Waals surface area contributed by atoms with Crippen molar-refractivity contribution in [1.29, 1.82) is 0 Å². The zero-order valence-electron chi connectivity index (χ0n) is 15.8. The minimum absolute atomic E-state index is 0.0156. The second-order valence-corrected chi connectivity index (χ2v) is 7.26. The summed E-state index contributed by atoms with van der Waals surface area (Å²) in [5, 5.41) is 12.7. The number of cyclic esters (lactones) is 1. The normalized spacial score (nSPS) is 21.8. The molecule has 1 amide bonds. The summed E-state index contributed by atoms with van der Waals surface area (Å²) in [5.74, 6) is -1.47. The molecule has 0 radical (unpaired) electrons. The first kappa shape index (κ1) is 19.5. The predicted molar refractivity (Wildman–Crippen MR) is 106 cm³/mol. The highest BCUT2D eigenvalue weighted by atomic mass is 19.1. The third kappa shape index (κ3) is 4.02. The first-order valence-electron chi connectivity index (χ1n) is 9.61. The van der Waals surface area contributed by atoms with Gasteiger partial charge in [0.05, 0.1) is 18.3 Å². The summed E-state index contributed by atoms with van der Waals surface area (Å²) in [6.07, 6.45) is 2.38. The van der Waals surface area contributed by atoms with E-state index in [0.717, 1.165) is 29.0 Å². The van der Waals surface area contributed by atoms with Crippen molar-refractivity contribution in [3.05, 3.63) is 71.3 Å². The fourth-order valence-corrected chi connectivity index (χ4v) is 3.90. The van der Waals surface area contributed by atoms with Gasteiger partial charge in [0.1, 0.15) is 18.2 Å². The average molecular weight is 400 g/mol. The van der Waals surface area contributed by atoms with Crippen LogP contribution in [0.1, 0.15) is 17.5 Å². The Hall–Kier alpha value is -2.77. The van der Waals surface area contributed by atoms with Gasteiger partial charge in [0.2, 0.25) is 0 Å². The minimum atomic E-state index is -0.733.